The molecular formula is C20H33N7O6. The molecule has 0 aliphatic heterocycles. The quantitative estimate of drug-likeness (QED) is 0.164. The fraction of sp³-hybridized carbons (Fsp3) is 0.600. The van der Waals surface area contributed by atoms with Crippen molar-refractivity contribution in [1.82, 2.24) is 25.9 Å². The van der Waals surface area contributed by atoms with Gasteiger partial charge < -0.3 is 37.5 Å². The Balaban J connectivity index is 3.04. The lowest BCUT2D eigenvalue weighted by Gasteiger charge is -2.25. The van der Waals surface area contributed by atoms with Crippen molar-refractivity contribution < 1.29 is 29.1 Å². The van der Waals surface area contributed by atoms with Gasteiger partial charge in [0.05, 0.1) is 12.4 Å². The summed E-state index contributed by atoms with van der Waals surface area (Å²) < 4.78 is 0. The van der Waals surface area contributed by atoms with E-state index in [-0.39, 0.29) is 25.2 Å². The molecule has 1 rings (SSSR count). The van der Waals surface area contributed by atoms with Crippen molar-refractivity contribution in [3.63, 3.8) is 0 Å². The number of imidazole rings is 1. The highest BCUT2D eigenvalue weighted by molar-refractivity contribution is 5.94. The Labute approximate surface area is 191 Å². The minimum absolute atomic E-state index is 0.0283. The summed E-state index contributed by atoms with van der Waals surface area (Å²) >= 11 is 0. The molecule has 5 atom stereocenters. The van der Waals surface area contributed by atoms with E-state index in [0.717, 1.165) is 0 Å². The lowest BCUT2D eigenvalue weighted by molar-refractivity contribution is -0.142. The van der Waals surface area contributed by atoms with Gasteiger partial charge in [0, 0.05) is 24.7 Å². The maximum Gasteiger partial charge on any atom is 0.325 e. The van der Waals surface area contributed by atoms with Crippen LogP contribution >= 0.6 is 0 Å². The Kier molecular flexibility index (Phi) is 11.0. The van der Waals surface area contributed by atoms with Crippen molar-refractivity contribution in [3.8, 4) is 0 Å². The van der Waals surface area contributed by atoms with E-state index in [9.17, 15) is 24.0 Å². The van der Waals surface area contributed by atoms with Gasteiger partial charge in [0.1, 0.15) is 18.1 Å². The van der Waals surface area contributed by atoms with Crippen molar-refractivity contribution in [2.75, 3.05) is 0 Å². The number of aromatic nitrogens is 2. The third-order valence-corrected chi connectivity index (χ3v) is 5.21. The normalized spacial score (nSPS) is 15.4. The van der Waals surface area contributed by atoms with E-state index in [4.69, 9.17) is 16.6 Å². The second-order valence-electron chi connectivity index (χ2n) is 7.89. The SMILES string of the molecule is CCC(C)C(N)C(=O)NC(Cc1cnc[nH]1)C(=O)NC(CCC(N)=O)C(=O)NC(C)C(=O)O. The zero-order valence-electron chi connectivity index (χ0n) is 19.0. The molecule has 0 aliphatic carbocycles. The average molecular weight is 468 g/mol. The molecule has 1 aromatic rings. The van der Waals surface area contributed by atoms with Gasteiger partial charge in [0.25, 0.3) is 0 Å². The standard InChI is InChI=1S/C20H33N7O6/c1-4-10(2)16(22)19(31)27-14(7-12-8-23-9-24-12)18(30)26-13(5-6-15(21)28)17(29)25-11(3)20(32)33/h8-11,13-14,16H,4-7,22H2,1-3H3,(H2,21,28)(H,23,24)(H,25,29)(H,26,30)(H,27,31)(H,32,33). The second kappa shape index (κ2) is 13.2. The lowest BCUT2D eigenvalue weighted by Crippen LogP contribution is -2.58. The number of H-pyrrole nitrogens is 1. The smallest absolute Gasteiger partial charge is 0.325 e. The molecule has 1 aromatic heterocycles. The van der Waals surface area contributed by atoms with Crippen LogP contribution in [0.2, 0.25) is 0 Å². The van der Waals surface area contributed by atoms with Gasteiger partial charge in [-0.15, -0.1) is 0 Å². The molecule has 0 saturated heterocycles. The van der Waals surface area contributed by atoms with Gasteiger partial charge in [-0.2, -0.15) is 0 Å². The molecular weight excluding hydrogens is 434 g/mol. The Morgan fingerprint density at radius 2 is 1.67 bits per heavy atom. The Hall–Kier alpha value is -3.48. The molecule has 5 unspecified atom stereocenters. The number of nitrogens with zero attached hydrogens (tertiary/aromatic N) is 1. The van der Waals surface area contributed by atoms with Crippen molar-refractivity contribution in [1.29, 1.82) is 0 Å². The molecule has 0 spiro atoms. The summed E-state index contributed by atoms with van der Waals surface area (Å²) in [7, 11) is 0. The van der Waals surface area contributed by atoms with Crippen LogP contribution in [-0.4, -0.2) is 68.8 Å². The molecule has 13 heteroatoms. The third-order valence-electron chi connectivity index (χ3n) is 5.21. The van der Waals surface area contributed by atoms with Crippen LogP contribution in [0.3, 0.4) is 0 Å². The van der Waals surface area contributed by atoms with E-state index in [0.29, 0.717) is 12.1 Å². The molecule has 184 valence electrons. The monoisotopic (exact) mass is 467 g/mol. The molecule has 0 saturated carbocycles. The second-order valence-corrected chi connectivity index (χ2v) is 7.89. The van der Waals surface area contributed by atoms with Crippen molar-refractivity contribution in [3.05, 3.63) is 18.2 Å². The maximum absolute atomic E-state index is 13.0. The van der Waals surface area contributed by atoms with E-state index < -0.39 is 53.8 Å². The first-order chi connectivity index (χ1) is 15.5. The molecule has 0 fully saturated rings. The summed E-state index contributed by atoms with van der Waals surface area (Å²) in [5.74, 6) is -4.17. The van der Waals surface area contributed by atoms with Crippen molar-refractivity contribution >= 4 is 29.6 Å². The van der Waals surface area contributed by atoms with E-state index in [1.807, 2.05) is 13.8 Å². The summed E-state index contributed by atoms with van der Waals surface area (Å²) in [6.45, 7) is 4.94. The molecule has 0 aromatic carbocycles. The highest BCUT2D eigenvalue weighted by Crippen LogP contribution is 2.08. The topological polar surface area (TPSA) is 222 Å². The van der Waals surface area contributed by atoms with Crippen molar-refractivity contribution in [2.24, 2.45) is 17.4 Å². The highest BCUT2D eigenvalue weighted by Gasteiger charge is 2.30. The number of aromatic amines is 1. The minimum atomic E-state index is -1.27. The number of hydrogen-bond acceptors (Lipinski definition) is 7. The van der Waals surface area contributed by atoms with Crippen LogP contribution in [0, 0.1) is 5.92 Å². The van der Waals surface area contributed by atoms with Crippen LogP contribution in [-0.2, 0) is 30.4 Å². The van der Waals surface area contributed by atoms with Crippen molar-refractivity contribution in [2.45, 2.75) is 70.6 Å². The van der Waals surface area contributed by atoms with Crippen LogP contribution in [0.1, 0.15) is 45.7 Å². The number of primary amides is 1. The first-order valence-electron chi connectivity index (χ1n) is 10.6. The molecule has 33 heavy (non-hydrogen) atoms. The zero-order valence-corrected chi connectivity index (χ0v) is 19.0. The number of hydrogen-bond donors (Lipinski definition) is 7. The number of carbonyl (C=O) groups excluding carboxylic acids is 4. The number of carboxylic acid groups (broad SMARTS) is 1. The number of rotatable bonds is 14. The Morgan fingerprint density at radius 3 is 2.18 bits per heavy atom. The molecule has 13 nitrogen and oxygen atoms in total. The van der Waals surface area contributed by atoms with E-state index in [1.165, 1.54) is 19.4 Å². The zero-order chi connectivity index (χ0) is 25.1. The van der Waals surface area contributed by atoms with Crippen LogP contribution in [0.15, 0.2) is 12.5 Å². The highest BCUT2D eigenvalue weighted by atomic mass is 16.4. The van der Waals surface area contributed by atoms with Gasteiger partial charge >= 0.3 is 5.97 Å². The van der Waals surface area contributed by atoms with Gasteiger partial charge in [-0.3, -0.25) is 24.0 Å². The lowest BCUT2D eigenvalue weighted by atomic mass is 9.98. The molecule has 0 bridgehead atoms. The third kappa shape index (κ3) is 9.27. The predicted octanol–water partition coefficient (Wildman–Crippen LogP) is -1.85. The van der Waals surface area contributed by atoms with E-state index >= 15 is 0 Å². The van der Waals surface area contributed by atoms with Gasteiger partial charge in [0.2, 0.25) is 23.6 Å². The number of carboxylic acids is 1. The first kappa shape index (κ1) is 27.6. The van der Waals surface area contributed by atoms with Gasteiger partial charge in [-0.25, -0.2) is 4.98 Å². The fourth-order valence-corrected chi connectivity index (χ4v) is 2.81. The van der Waals surface area contributed by atoms with Crippen LogP contribution in [0.5, 0.6) is 0 Å². The maximum atomic E-state index is 13.0. The molecule has 9 N–H and O–H groups in total. The molecule has 4 amide bonds. The summed E-state index contributed by atoms with van der Waals surface area (Å²) in [5.41, 5.74) is 11.7. The Bertz CT molecular complexity index is 829. The fourth-order valence-electron chi connectivity index (χ4n) is 2.81. The van der Waals surface area contributed by atoms with Gasteiger partial charge in [-0.1, -0.05) is 20.3 Å². The summed E-state index contributed by atoms with van der Waals surface area (Å²) in [5, 5.41) is 16.3. The molecule has 0 aliphatic rings. The molecule has 0 radical (unpaired) electrons. The molecule has 1 heterocycles. The summed E-state index contributed by atoms with van der Waals surface area (Å²) in [6, 6.07) is -4.44. The van der Waals surface area contributed by atoms with E-state index in [1.54, 1.807) is 0 Å². The van der Waals surface area contributed by atoms with Crippen LogP contribution in [0.25, 0.3) is 0 Å². The Morgan fingerprint density at radius 1 is 1.06 bits per heavy atom. The van der Waals surface area contributed by atoms with Gasteiger partial charge in [-0.05, 0) is 19.3 Å². The summed E-state index contributed by atoms with van der Waals surface area (Å²) in [4.78, 5) is 67.1. The van der Waals surface area contributed by atoms with Crippen LogP contribution < -0.4 is 27.4 Å². The van der Waals surface area contributed by atoms with E-state index in [2.05, 4.69) is 25.9 Å². The average Bonchev–Trinajstić information content (AvgIpc) is 3.27. The number of carbonyl (C=O) groups is 5. The largest absolute Gasteiger partial charge is 0.480 e. The predicted molar refractivity (Wildman–Crippen MR) is 117 cm³/mol. The first-order valence-corrected chi connectivity index (χ1v) is 10.6. The summed E-state index contributed by atoms with van der Waals surface area (Å²) in [6.07, 6.45) is 3.19. The number of amides is 4. The van der Waals surface area contributed by atoms with Crippen LogP contribution in [0.4, 0.5) is 0 Å². The number of nitrogens with two attached hydrogens (primary N) is 2. The van der Waals surface area contributed by atoms with Gasteiger partial charge in [0.15, 0.2) is 0 Å². The minimum Gasteiger partial charge on any atom is -0.480 e. The number of aliphatic carboxylic acids is 1. The number of nitrogens with one attached hydrogen (secondary N) is 4.